The van der Waals surface area contributed by atoms with Gasteiger partial charge in [0.15, 0.2) is 0 Å². The molecule has 0 aromatic heterocycles. The summed E-state index contributed by atoms with van der Waals surface area (Å²) in [4.78, 5) is 21.4. The van der Waals surface area contributed by atoms with Gasteiger partial charge in [-0.3, -0.25) is 9.59 Å². The smallest absolute Gasteiger partial charge is 0.320 e. The molecule has 0 aromatic carbocycles. The second-order valence-electron chi connectivity index (χ2n) is 2.83. The number of hydrogen-bond donors (Lipinski definition) is 2. The van der Waals surface area contributed by atoms with Crippen LogP contribution in [0, 0.1) is 5.92 Å². The summed E-state index contributed by atoms with van der Waals surface area (Å²) in [5.41, 5.74) is 5.24. The maximum Gasteiger partial charge on any atom is 0.320 e. The highest BCUT2D eigenvalue weighted by Crippen LogP contribution is 2.06. The van der Waals surface area contributed by atoms with E-state index in [0.29, 0.717) is 6.61 Å². The summed E-state index contributed by atoms with van der Waals surface area (Å²) in [5.74, 6) is -1.97. The van der Waals surface area contributed by atoms with Crippen molar-refractivity contribution in [1.82, 2.24) is 0 Å². The average Bonchev–Trinajstić information content (AvgIpc) is 2.04. The van der Waals surface area contributed by atoms with Gasteiger partial charge < -0.3 is 15.6 Å². The van der Waals surface area contributed by atoms with Crippen LogP contribution in [0.1, 0.15) is 20.3 Å². The normalized spacial score (nSPS) is 14.7. The van der Waals surface area contributed by atoms with Crippen molar-refractivity contribution in [2.75, 3.05) is 6.61 Å². The predicted molar refractivity (Wildman–Crippen MR) is 46.0 cm³/mol. The molecule has 0 spiro atoms. The molecular weight excluding hydrogens is 174 g/mol. The van der Waals surface area contributed by atoms with Crippen LogP contribution < -0.4 is 5.73 Å². The van der Waals surface area contributed by atoms with E-state index in [9.17, 15) is 9.59 Å². The first-order valence-corrected chi connectivity index (χ1v) is 4.14. The highest BCUT2D eigenvalue weighted by atomic mass is 16.5. The van der Waals surface area contributed by atoms with Crippen molar-refractivity contribution in [2.24, 2.45) is 11.7 Å². The summed E-state index contributed by atoms with van der Waals surface area (Å²) in [6.07, 6.45) is 0.105. The fourth-order valence-electron chi connectivity index (χ4n) is 0.862. The Kier molecular flexibility index (Phi) is 5.06. The Bertz CT molecular complexity index is 193. The zero-order valence-corrected chi connectivity index (χ0v) is 7.82. The zero-order chi connectivity index (χ0) is 10.4. The predicted octanol–water partition coefficient (Wildman–Crippen LogP) is -0.0124. The first-order valence-electron chi connectivity index (χ1n) is 4.14. The Labute approximate surface area is 76.9 Å². The molecule has 0 aromatic rings. The minimum atomic E-state index is -1.10. The van der Waals surface area contributed by atoms with Gasteiger partial charge in [-0.05, 0) is 13.3 Å². The van der Waals surface area contributed by atoms with Gasteiger partial charge in [0.1, 0.15) is 6.04 Å². The van der Waals surface area contributed by atoms with E-state index in [2.05, 4.69) is 0 Å². The van der Waals surface area contributed by atoms with E-state index in [1.165, 1.54) is 0 Å². The quantitative estimate of drug-likeness (QED) is 0.593. The molecule has 0 unspecified atom stereocenters. The monoisotopic (exact) mass is 189 g/mol. The highest BCUT2D eigenvalue weighted by molar-refractivity contribution is 5.76. The van der Waals surface area contributed by atoms with Crippen LogP contribution in [0.5, 0.6) is 0 Å². The van der Waals surface area contributed by atoms with Gasteiger partial charge in [-0.2, -0.15) is 0 Å². The number of carbonyl (C=O) groups is 2. The van der Waals surface area contributed by atoms with E-state index in [4.69, 9.17) is 15.6 Å². The van der Waals surface area contributed by atoms with Crippen molar-refractivity contribution in [3.63, 3.8) is 0 Å². The van der Waals surface area contributed by atoms with Gasteiger partial charge in [-0.25, -0.2) is 0 Å². The molecule has 0 fully saturated rings. The summed E-state index contributed by atoms with van der Waals surface area (Å²) in [5, 5.41) is 8.47. The minimum Gasteiger partial charge on any atom is -0.480 e. The average molecular weight is 189 g/mol. The lowest BCUT2D eigenvalue weighted by atomic mass is 10.0. The molecular formula is C8H15NO4. The van der Waals surface area contributed by atoms with E-state index in [0.717, 1.165) is 0 Å². The number of hydrogen-bond acceptors (Lipinski definition) is 4. The maximum atomic E-state index is 11.0. The molecule has 0 rings (SSSR count). The van der Waals surface area contributed by atoms with Gasteiger partial charge in [0.2, 0.25) is 0 Å². The first-order chi connectivity index (χ1) is 5.99. The van der Waals surface area contributed by atoms with Crippen LogP contribution in [0.2, 0.25) is 0 Å². The standard InChI is InChI=1S/C8H15NO4/c1-3-13-8(12)5(2)4-6(9)7(10)11/h5-6H,3-4,9H2,1-2H3,(H,10,11)/t5-,6+/m1/s1. The number of aliphatic carboxylic acids is 1. The minimum absolute atomic E-state index is 0.105. The molecule has 0 aliphatic carbocycles. The third-order valence-corrected chi connectivity index (χ3v) is 1.61. The number of rotatable bonds is 5. The van der Waals surface area contributed by atoms with E-state index in [1.807, 2.05) is 0 Å². The Hall–Kier alpha value is -1.10. The van der Waals surface area contributed by atoms with Gasteiger partial charge in [-0.1, -0.05) is 6.92 Å². The van der Waals surface area contributed by atoms with E-state index < -0.39 is 23.9 Å². The van der Waals surface area contributed by atoms with Gasteiger partial charge in [0.25, 0.3) is 0 Å². The third kappa shape index (κ3) is 4.47. The van der Waals surface area contributed by atoms with E-state index in [1.54, 1.807) is 13.8 Å². The van der Waals surface area contributed by atoms with E-state index in [-0.39, 0.29) is 6.42 Å². The summed E-state index contributed by atoms with van der Waals surface area (Å²) >= 11 is 0. The van der Waals surface area contributed by atoms with Crippen LogP contribution in [0.4, 0.5) is 0 Å². The molecule has 76 valence electrons. The maximum absolute atomic E-state index is 11.0. The molecule has 13 heavy (non-hydrogen) atoms. The summed E-state index contributed by atoms with van der Waals surface area (Å²) in [7, 11) is 0. The second kappa shape index (κ2) is 5.53. The topological polar surface area (TPSA) is 89.6 Å². The fraction of sp³-hybridized carbons (Fsp3) is 0.750. The second-order valence-corrected chi connectivity index (χ2v) is 2.83. The number of carboxylic acid groups (broad SMARTS) is 1. The molecule has 0 radical (unpaired) electrons. The third-order valence-electron chi connectivity index (χ3n) is 1.61. The van der Waals surface area contributed by atoms with Crippen molar-refractivity contribution >= 4 is 11.9 Å². The van der Waals surface area contributed by atoms with Gasteiger partial charge in [-0.15, -0.1) is 0 Å². The summed E-state index contributed by atoms with van der Waals surface area (Å²) in [6, 6.07) is -1.00. The number of esters is 1. The molecule has 0 saturated carbocycles. The first kappa shape index (κ1) is 11.9. The molecule has 3 N–H and O–H groups in total. The fourth-order valence-corrected chi connectivity index (χ4v) is 0.862. The lowest BCUT2D eigenvalue weighted by Crippen LogP contribution is -2.34. The number of nitrogens with two attached hydrogens (primary N) is 1. The van der Waals surface area contributed by atoms with Gasteiger partial charge >= 0.3 is 11.9 Å². The molecule has 0 heterocycles. The molecule has 2 atom stereocenters. The van der Waals surface area contributed by atoms with Crippen LogP contribution in [-0.2, 0) is 14.3 Å². The van der Waals surface area contributed by atoms with Crippen molar-refractivity contribution in [3.8, 4) is 0 Å². The van der Waals surface area contributed by atoms with Crippen molar-refractivity contribution in [2.45, 2.75) is 26.3 Å². The molecule has 5 heteroatoms. The van der Waals surface area contributed by atoms with Crippen LogP contribution in [0.3, 0.4) is 0 Å². The molecule has 0 bridgehead atoms. The van der Waals surface area contributed by atoms with Crippen LogP contribution in [-0.4, -0.2) is 29.7 Å². The Balaban J connectivity index is 3.92. The largest absolute Gasteiger partial charge is 0.480 e. The highest BCUT2D eigenvalue weighted by Gasteiger charge is 2.21. The molecule has 0 saturated heterocycles. The van der Waals surface area contributed by atoms with Crippen molar-refractivity contribution < 1.29 is 19.4 Å². The number of ether oxygens (including phenoxy) is 1. The lowest BCUT2D eigenvalue weighted by Gasteiger charge is -2.12. The number of carbonyl (C=O) groups excluding carboxylic acids is 1. The SMILES string of the molecule is CCOC(=O)[C@H](C)C[C@H](N)C(=O)O. The summed E-state index contributed by atoms with van der Waals surface area (Å²) in [6.45, 7) is 3.59. The molecule has 0 aliphatic heterocycles. The van der Waals surface area contributed by atoms with E-state index >= 15 is 0 Å². The number of carboxylic acids is 1. The van der Waals surface area contributed by atoms with Crippen molar-refractivity contribution in [3.05, 3.63) is 0 Å². The lowest BCUT2D eigenvalue weighted by molar-refractivity contribution is -0.148. The molecule has 0 aliphatic rings. The Morgan fingerprint density at radius 2 is 2.08 bits per heavy atom. The van der Waals surface area contributed by atoms with Crippen LogP contribution in [0.15, 0.2) is 0 Å². The van der Waals surface area contributed by atoms with Gasteiger partial charge in [0.05, 0.1) is 12.5 Å². The Morgan fingerprint density at radius 1 is 1.54 bits per heavy atom. The summed E-state index contributed by atoms with van der Waals surface area (Å²) < 4.78 is 4.70. The van der Waals surface area contributed by atoms with Crippen molar-refractivity contribution in [1.29, 1.82) is 0 Å². The van der Waals surface area contributed by atoms with Crippen LogP contribution in [0.25, 0.3) is 0 Å². The molecule has 5 nitrogen and oxygen atoms in total. The molecule has 0 amide bonds. The van der Waals surface area contributed by atoms with Gasteiger partial charge in [0, 0.05) is 0 Å². The Morgan fingerprint density at radius 3 is 2.46 bits per heavy atom. The zero-order valence-electron chi connectivity index (χ0n) is 7.82. The van der Waals surface area contributed by atoms with Crippen LogP contribution >= 0.6 is 0 Å².